The van der Waals surface area contributed by atoms with Crippen molar-refractivity contribution in [3.63, 3.8) is 0 Å². The summed E-state index contributed by atoms with van der Waals surface area (Å²) in [5, 5.41) is 13.1. The van der Waals surface area contributed by atoms with E-state index in [9.17, 15) is 9.59 Å². The van der Waals surface area contributed by atoms with Gasteiger partial charge in [-0.15, -0.1) is 5.10 Å². The molecule has 0 aliphatic rings. The van der Waals surface area contributed by atoms with E-state index in [0.717, 1.165) is 21.3 Å². The molecule has 0 spiro atoms. The first-order valence-electron chi connectivity index (χ1n) is 7.90. The second kappa shape index (κ2) is 7.07. The minimum absolute atomic E-state index is 0.309. The first-order valence-corrected chi connectivity index (χ1v) is 9.07. The molecule has 28 heavy (non-hydrogen) atoms. The summed E-state index contributed by atoms with van der Waals surface area (Å²) in [6, 6.07) is 10.5. The lowest BCUT2D eigenvalue weighted by Crippen LogP contribution is -2.33. The SMILES string of the molecule is N#Cc1nn(-c2cc(Cl)c(Cc3ccc4ncoc4c3)c(Br)c2)c(=O)[nH]c1=O. The minimum atomic E-state index is -0.839. The Hall–Kier alpha value is -3.22. The normalized spacial score (nSPS) is 10.9. The molecule has 0 aliphatic heterocycles. The highest BCUT2D eigenvalue weighted by Crippen LogP contribution is 2.30. The third-order valence-corrected chi connectivity index (χ3v) is 5.13. The molecule has 138 valence electrons. The third-order valence-electron chi connectivity index (χ3n) is 4.08. The van der Waals surface area contributed by atoms with Crippen molar-refractivity contribution in [3.8, 4) is 11.8 Å². The van der Waals surface area contributed by atoms with Crippen LogP contribution in [0.15, 0.2) is 55.2 Å². The zero-order chi connectivity index (χ0) is 19.8. The van der Waals surface area contributed by atoms with Crippen molar-refractivity contribution in [2.45, 2.75) is 6.42 Å². The average Bonchev–Trinajstić information content (AvgIpc) is 3.12. The summed E-state index contributed by atoms with van der Waals surface area (Å²) < 4.78 is 6.88. The number of nitrogens with zero attached hydrogens (tertiary/aromatic N) is 4. The van der Waals surface area contributed by atoms with Gasteiger partial charge in [0.25, 0.3) is 5.56 Å². The number of hydrogen-bond donors (Lipinski definition) is 1. The van der Waals surface area contributed by atoms with Crippen LogP contribution in [-0.4, -0.2) is 19.7 Å². The Balaban J connectivity index is 1.76. The highest BCUT2D eigenvalue weighted by molar-refractivity contribution is 9.10. The molecule has 4 aromatic rings. The maximum Gasteiger partial charge on any atom is 0.349 e. The van der Waals surface area contributed by atoms with Gasteiger partial charge in [0.2, 0.25) is 5.69 Å². The number of aromatic amines is 1. The largest absolute Gasteiger partial charge is 0.443 e. The summed E-state index contributed by atoms with van der Waals surface area (Å²) in [6.45, 7) is 0. The van der Waals surface area contributed by atoms with Gasteiger partial charge in [0.15, 0.2) is 12.0 Å². The smallest absolute Gasteiger partial charge is 0.349 e. The summed E-state index contributed by atoms with van der Waals surface area (Å²) in [7, 11) is 0. The molecule has 0 unspecified atom stereocenters. The van der Waals surface area contributed by atoms with Crippen LogP contribution in [0.5, 0.6) is 0 Å². The van der Waals surface area contributed by atoms with Gasteiger partial charge in [-0.1, -0.05) is 33.6 Å². The Labute approximate surface area is 170 Å². The van der Waals surface area contributed by atoms with Gasteiger partial charge < -0.3 is 4.42 Å². The Morgan fingerprint density at radius 2 is 2.11 bits per heavy atom. The molecular formula is C18H9BrClN5O3. The van der Waals surface area contributed by atoms with Crippen molar-refractivity contribution in [2.24, 2.45) is 0 Å². The number of rotatable bonds is 3. The topological polar surface area (TPSA) is 118 Å². The lowest BCUT2D eigenvalue weighted by atomic mass is 10.0. The molecule has 0 fully saturated rings. The van der Waals surface area contributed by atoms with Gasteiger partial charge in [0.05, 0.1) is 5.69 Å². The summed E-state index contributed by atoms with van der Waals surface area (Å²) in [5.41, 5.74) is 1.48. The van der Waals surface area contributed by atoms with Crippen LogP contribution in [0.25, 0.3) is 16.8 Å². The van der Waals surface area contributed by atoms with Crippen molar-refractivity contribution in [3.05, 3.63) is 83.9 Å². The lowest BCUT2D eigenvalue weighted by molar-refractivity contribution is 0.602. The molecule has 0 saturated carbocycles. The fourth-order valence-electron chi connectivity index (χ4n) is 2.74. The van der Waals surface area contributed by atoms with Gasteiger partial charge in [-0.25, -0.2) is 9.78 Å². The van der Waals surface area contributed by atoms with E-state index in [-0.39, 0.29) is 0 Å². The molecule has 2 heterocycles. The molecule has 0 atom stereocenters. The lowest BCUT2D eigenvalue weighted by Gasteiger charge is -2.11. The fourth-order valence-corrected chi connectivity index (χ4v) is 3.73. The van der Waals surface area contributed by atoms with Crippen molar-refractivity contribution < 1.29 is 4.42 Å². The molecule has 2 aromatic heterocycles. The summed E-state index contributed by atoms with van der Waals surface area (Å²) >= 11 is 9.91. The van der Waals surface area contributed by atoms with E-state index in [1.54, 1.807) is 18.2 Å². The van der Waals surface area contributed by atoms with E-state index in [1.807, 2.05) is 18.2 Å². The van der Waals surface area contributed by atoms with Crippen LogP contribution >= 0.6 is 27.5 Å². The van der Waals surface area contributed by atoms with E-state index < -0.39 is 16.9 Å². The zero-order valence-corrected chi connectivity index (χ0v) is 16.3. The van der Waals surface area contributed by atoms with E-state index in [4.69, 9.17) is 21.3 Å². The van der Waals surface area contributed by atoms with Crippen LogP contribution in [0.4, 0.5) is 0 Å². The maximum absolute atomic E-state index is 12.1. The number of benzene rings is 2. The Morgan fingerprint density at radius 1 is 1.29 bits per heavy atom. The van der Waals surface area contributed by atoms with Crippen molar-refractivity contribution in [1.82, 2.24) is 19.7 Å². The van der Waals surface area contributed by atoms with Crippen LogP contribution in [0, 0.1) is 11.3 Å². The zero-order valence-electron chi connectivity index (χ0n) is 13.9. The summed E-state index contributed by atoms with van der Waals surface area (Å²) in [6.07, 6.45) is 1.89. The molecule has 2 aromatic carbocycles. The van der Waals surface area contributed by atoms with Gasteiger partial charge >= 0.3 is 5.69 Å². The predicted octanol–water partition coefficient (Wildman–Crippen LogP) is 2.94. The second-order valence-corrected chi connectivity index (χ2v) is 7.11. The van der Waals surface area contributed by atoms with Gasteiger partial charge in [0.1, 0.15) is 11.6 Å². The number of halogens is 2. The molecule has 4 rings (SSSR count). The number of oxazole rings is 1. The van der Waals surface area contributed by atoms with Crippen molar-refractivity contribution >= 4 is 38.6 Å². The number of fused-ring (bicyclic) bond motifs is 1. The van der Waals surface area contributed by atoms with Crippen LogP contribution < -0.4 is 11.2 Å². The molecule has 0 amide bonds. The number of aromatic nitrogens is 4. The van der Waals surface area contributed by atoms with E-state index >= 15 is 0 Å². The predicted molar refractivity (Wildman–Crippen MR) is 105 cm³/mol. The Bertz CT molecular complexity index is 1360. The van der Waals surface area contributed by atoms with Gasteiger partial charge in [0, 0.05) is 15.9 Å². The summed E-state index contributed by atoms with van der Waals surface area (Å²) in [4.78, 5) is 29.7. The first kappa shape index (κ1) is 18.2. The number of nitrogens with one attached hydrogen (secondary N) is 1. The monoisotopic (exact) mass is 457 g/mol. The molecule has 0 aliphatic carbocycles. The number of nitriles is 1. The molecule has 1 N–H and O–H groups in total. The molecular weight excluding hydrogens is 450 g/mol. The van der Waals surface area contributed by atoms with Crippen LogP contribution in [0.3, 0.4) is 0 Å². The van der Waals surface area contributed by atoms with E-state index in [2.05, 4.69) is 31.0 Å². The minimum Gasteiger partial charge on any atom is -0.443 e. The van der Waals surface area contributed by atoms with Crippen LogP contribution in [0.2, 0.25) is 5.02 Å². The summed E-state index contributed by atoms with van der Waals surface area (Å²) in [5.74, 6) is 0. The van der Waals surface area contributed by atoms with Gasteiger partial charge in [-0.2, -0.15) is 9.94 Å². The van der Waals surface area contributed by atoms with E-state index in [1.165, 1.54) is 6.39 Å². The van der Waals surface area contributed by atoms with Gasteiger partial charge in [-0.3, -0.25) is 9.78 Å². The Kier molecular flexibility index (Phi) is 4.58. The highest BCUT2D eigenvalue weighted by atomic mass is 79.9. The van der Waals surface area contributed by atoms with Crippen LogP contribution in [-0.2, 0) is 6.42 Å². The second-order valence-electron chi connectivity index (χ2n) is 5.85. The first-order chi connectivity index (χ1) is 13.5. The van der Waals surface area contributed by atoms with Crippen LogP contribution in [0.1, 0.15) is 16.8 Å². The highest BCUT2D eigenvalue weighted by Gasteiger charge is 2.14. The molecule has 8 nitrogen and oxygen atoms in total. The number of hydrogen-bond acceptors (Lipinski definition) is 6. The molecule has 10 heteroatoms. The Morgan fingerprint density at radius 3 is 2.86 bits per heavy atom. The van der Waals surface area contributed by atoms with E-state index in [0.29, 0.717) is 27.2 Å². The quantitative estimate of drug-likeness (QED) is 0.504. The van der Waals surface area contributed by atoms with Crippen molar-refractivity contribution in [1.29, 1.82) is 5.26 Å². The fraction of sp³-hybridized carbons (Fsp3) is 0.0556. The van der Waals surface area contributed by atoms with Crippen molar-refractivity contribution in [2.75, 3.05) is 0 Å². The number of H-pyrrole nitrogens is 1. The maximum atomic E-state index is 12.1. The molecule has 0 radical (unpaired) electrons. The average molecular weight is 459 g/mol. The molecule has 0 saturated heterocycles. The van der Waals surface area contributed by atoms with Gasteiger partial charge in [-0.05, 0) is 35.4 Å². The molecule has 0 bridgehead atoms. The third kappa shape index (κ3) is 3.24. The standard InChI is InChI=1S/C18H9BrClN5O3/c19-12-5-10(25-18(27)23-17(26)15(7-21)24-25)6-13(20)11(12)3-9-1-2-14-16(4-9)28-8-22-14/h1-2,4-6,8H,3H2,(H,23,26,27).